The number of nitrogens with zero attached hydrogens (tertiary/aromatic N) is 1. The number of carbonyl (C=O) groups is 1. The number of anilines is 1. The van der Waals surface area contributed by atoms with Crippen molar-refractivity contribution in [2.24, 2.45) is 0 Å². The second kappa shape index (κ2) is 6.17. The maximum atomic E-state index is 12.7. The highest BCUT2D eigenvalue weighted by atomic mass is 32.1. The lowest BCUT2D eigenvalue weighted by Crippen LogP contribution is -2.75. The van der Waals surface area contributed by atoms with Gasteiger partial charge in [-0.05, 0) is 12.1 Å². The average Bonchev–Trinajstić information content (AvgIpc) is 2.82. The van der Waals surface area contributed by atoms with E-state index in [1.807, 2.05) is 0 Å². The summed E-state index contributed by atoms with van der Waals surface area (Å²) in [6, 6.07) is 3.57. The van der Waals surface area contributed by atoms with Gasteiger partial charge in [0.25, 0.3) is 0 Å². The van der Waals surface area contributed by atoms with Crippen LogP contribution in [0, 0.1) is 0 Å². The van der Waals surface area contributed by atoms with E-state index in [9.17, 15) is 44.3 Å². The van der Waals surface area contributed by atoms with Crippen molar-refractivity contribution in [3.05, 3.63) is 24.3 Å². The summed E-state index contributed by atoms with van der Waals surface area (Å²) in [6.45, 7) is 0. The molecule has 1 heterocycles. The number of nitrogens with one attached hydrogen (secondary N) is 2. The topological polar surface area (TPSA) is 54.0 Å². The Bertz CT molecular complexity index is 740. The number of rotatable bonds is 2. The quantitative estimate of drug-likeness (QED) is 0.695. The Kier molecular flexibility index (Phi) is 4.77. The minimum Gasteiger partial charge on any atom is -0.308 e. The van der Waals surface area contributed by atoms with Crippen molar-refractivity contribution in [2.75, 3.05) is 5.32 Å². The standard InChI is InChI=1S/C12H6F9N3OS/c13-10(14,15)9(11(16,17)18,12(19,20)21)24-7(25)23-8-22-5-3-1-2-4-6(5)26-8/h1-4H,(H2,22,23,24,25). The van der Waals surface area contributed by atoms with Crippen molar-refractivity contribution >= 4 is 32.7 Å². The summed E-state index contributed by atoms with van der Waals surface area (Å²) < 4.78 is 115. The van der Waals surface area contributed by atoms with Gasteiger partial charge in [-0.2, -0.15) is 39.5 Å². The molecule has 2 rings (SSSR count). The molecule has 0 saturated carbocycles. The van der Waals surface area contributed by atoms with Gasteiger partial charge in [0.2, 0.25) is 0 Å². The third-order valence-electron chi connectivity index (χ3n) is 3.09. The minimum atomic E-state index is -6.89. The molecule has 4 nitrogen and oxygen atoms in total. The number of amides is 2. The highest BCUT2D eigenvalue weighted by Crippen LogP contribution is 2.52. The number of fused-ring (bicyclic) bond motifs is 1. The molecule has 0 spiro atoms. The molecular weight excluding hydrogens is 405 g/mol. The highest BCUT2D eigenvalue weighted by molar-refractivity contribution is 7.22. The average molecular weight is 411 g/mol. The smallest absolute Gasteiger partial charge is 0.308 e. The van der Waals surface area contributed by atoms with Crippen LogP contribution in [0.4, 0.5) is 49.4 Å². The second-order valence-electron chi connectivity index (χ2n) is 4.81. The first-order chi connectivity index (χ1) is 11.7. The molecule has 2 aromatic rings. The van der Waals surface area contributed by atoms with E-state index >= 15 is 0 Å². The van der Waals surface area contributed by atoms with E-state index in [2.05, 4.69) is 4.98 Å². The fourth-order valence-electron chi connectivity index (χ4n) is 1.92. The van der Waals surface area contributed by atoms with Crippen molar-refractivity contribution in [3.63, 3.8) is 0 Å². The molecule has 0 saturated heterocycles. The fourth-order valence-corrected chi connectivity index (χ4v) is 2.78. The van der Waals surface area contributed by atoms with Crippen LogP contribution in [-0.4, -0.2) is 35.1 Å². The Morgan fingerprint density at radius 2 is 1.38 bits per heavy atom. The molecule has 2 amide bonds. The van der Waals surface area contributed by atoms with Crippen LogP contribution < -0.4 is 10.6 Å². The van der Waals surface area contributed by atoms with E-state index in [1.165, 1.54) is 29.6 Å². The van der Waals surface area contributed by atoms with E-state index in [0.29, 0.717) is 16.0 Å². The molecule has 144 valence electrons. The van der Waals surface area contributed by atoms with Crippen molar-refractivity contribution in [2.45, 2.75) is 24.1 Å². The van der Waals surface area contributed by atoms with Gasteiger partial charge in [0.05, 0.1) is 10.2 Å². The maximum Gasteiger partial charge on any atom is 0.429 e. The molecular formula is C12H6F9N3OS. The Morgan fingerprint density at radius 3 is 1.85 bits per heavy atom. The van der Waals surface area contributed by atoms with Gasteiger partial charge in [0.1, 0.15) is 0 Å². The van der Waals surface area contributed by atoms with Crippen molar-refractivity contribution in [1.29, 1.82) is 0 Å². The van der Waals surface area contributed by atoms with Crippen molar-refractivity contribution in [1.82, 2.24) is 10.3 Å². The lowest BCUT2D eigenvalue weighted by Gasteiger charge is -2.38. The van der Waals surface area contributed by atoms with E-state index in [4.69, 9.17) is 0 Å². The van der Waals surface area contributed by atoms with E-state index in [0.717, 1.165) is 0 Å². The molecule has 0 radical (unpaired) electrons. The first-order valence-electron chi connectivity index (χ1n) is 6.34. The SMILES string of the molecule is O=C(Nc1nc2ccccc2s1)NC(C(F)(F)F)(C(F)(F)F)C(F)(F)F. The number of hydrogen-bond acceptors (Lipinski definition) is 3. The molecule has 2 N–H and O–H groups in total. The van der Waals surface area contributed by atoms with Crippen LogP contribution in [0.1, 0.15) is 0 Å². The predicted octanol–water partition coefficient (Wildman–Crippen LogP) is 4.84. The van der Waals surface area contributed by atoms with Crippen LogP contribution in [0.25, 0.3) is 10.2 Å². The number of urea groups is 1. The molecule has 26 heavy (non-hydrogen) atoms. The Hall–Kier alpha value is -2.25. The van der Waals surface area contributed by atoms with Gasteiger partial charge in [-0.15, -0.1) is 0 Å². The van der Waals surface area contributed by atoms with E-state index in [-0.39, 0.29) is 10.8 Å². The molecule has 0 atom stereocenters. The summed E-state index contributed by atoms with van der Waals surface area (Å²) >= 11 is 0.647. The first-order valence-corrected chi connectivity index (χ1v) is 7.15. The third kappa shape index (κ3) is 3.37. The van der Waals surface area contributed by atoms with E-state index < -0.39 is 35.2 Å². The Morgan fingerprint density at radius 1 is 0.885 bits per heavy atom. The van der Waals surface area contributed by atoms with Crippen LogP contribution in [0.15, 0.2) is 24.3 Å². The summed E-state index contributed by atoms with van der Waals surface area (Å²) in [6.07, 6.45) is -20.7. The molecule has 14 heteroatoms. The zero-order chi connectivity index (χ0) is 20.0. The van der Waals surface area contributed by atoms with Gasteiger partial charge in [-0.1, -0.05) is 23.5 Å². The molecule has 0 aliphatic carbocycles. The predicted molar refractivity (Wildman–Crippen MR) is 72.7 cm³/mol. The number of thiazole rings is 1. The highest BCUT2D eigenvalue weighted by Gasteiger charge is 2.84. The van der Waals surface area contributed by atoms with Gasteiger partial charge in [-0.3, -0.25) is 5.32 Å². The number of para-hydroxylation sites is 1. The van der Waals surface area contributed by atoms with Crippen LogP contribution in [0.5, 0.6) is 0 Å². The molecule has 1 aromatic carbocycles. The van der Waals surface area contributed by atoms with Crippen LogP contribution in [-0.2, 0) is 0 Å². The Balaban J connectivity index is 2.37. The lowest BCUT2D eigenvalue weighted by atomic mass is 9.97. The maximum absolute atomic E-state index is 12.7. The van der Waals surface area contributed by atoms with Crippen molar-refractivity contribution in [3.8, 4) is 0 Å². The summed E-state index contributed by atoms with van der Waals surface area (Å²) in [5.74, 6) is 0. The first kappa shape index (κ1) is 20.1. The summed E-state index contributed by atoms with van der Waals surface area (Å²) in [7, 11) is 0. The van der Waals surface area contributed by atoms with Gasteiger partial charge in [-0.25, -0.2) is 9.78 Å². The fraction of sp³-hybridized carbons (Fsp3) is 0.333. The third-order valence-corrected chi connectivity index (χ3v) is 4.04. The second-order valence-corrected chi connectivity index (χ2v) is 5.84. The largest absolute Gasteiger partial charge is 0.429 e. The van der Waals surface area contributed by atoms with Gasteiger partial charge < -0.3 is 5.32 Å². The van der Waals surface area contributed by atoms with E-state index in [1.54, 1.807) is 0 Å². The van der Waals surface area contributed by atoms with Gasteiger partial charge >= 0.3 is 30.1 Å². The van der Waals surface area contributed by atoms with Gasteiger partial charge in [0.15, 0.2) is 5.13 Å². The molecule has 0 fully saturated rings. The number of aromatic nitrogens is 1. The van der Waals surface area contributed by atoms with Crippen LogP contribution in [0.3, 0.4) is 0 Å². The molecule has 0 bridgehead atoms. The summed E-state index contributed by atoms with van der Waals surface area (Å²) in [5.41, 5.74) is -6.20. The van der Waals surface area contributed by atoms with Crippen molar-refractivity contribution < 1.29 is 44.3 Å². The number of carbonyl (C=O) groups excluding carboxylic acids is 1. The molecule has 0 aliphatic heterocycles. The lowest BCUT2D eigenvalue weighted by molar-refractivity contribution is -0.386. The molecule has 0 unspecified atom stereocenters. The number of benzene rings is 1. The zero-order valence-electron chi connectivity index (χ0n) is 12.0. The zero-order valence-corrected chi connectivity index (χ0v) is 12.8. The number of alkyl halides is 9. The number of hydrogen-bond donors (Lipinski definition) is 2. The van der Waals surface area contributed by atoms with Crippen LogP contribution in [0.2, 0.25) is 0 Å². The van der Waals surface area contributed by atoms with Crippen LogP contribution >= 0.6 is 11.3 Å². The molecule has 0 aliphatic rings. The van der Waals surface area contributed by atoms with Gasteiger partial charge in [0, 0.05) is 0 Å². The normalized spacial score (nSPS) is 13.7. The summed E-state index contributed by atoms with van der Waals surface area (Å²) in [5, 5.41) is 0.963. The monoisotopic (exact) mass is 411 g/mol. The molecule has 1 aromatic heterocycles. The number of halogens is 9. The minimum absolute atomic E-state index is 0.0152. The Labute approximate surface area is 142 Å². The summed E-state index contributed by atoms with van der Waals surface area (Å²) in [4.78, 5) is 15.2.